The standard InChI is InChI=1S/C6H14.C4H10O.CHCl3/c1-3-5-6-4-2;1-3-5-4-2;2-1(3)4/h3-6H2,1-2H3;3-4H2,1-2H3;1H. The van der Waals surface area contributed by atoms with E-state index in [1.165, 1.54) is 25.7 Å². The van der Waals surface area contributed by atoms with Crippen molar-refractivity contribution in [3.05, 3.63) is 0 Å². The van der Waals surface area contributed by atoms with Crippen LogP contribution in [0.1, 0.15) is 53.4 Å². The van der Waals surface area contributed by atoms with Gasteiger partial charge in [0, 0.05) is 13.2 Å². The molecule has 0 aliphatic heterocycles. The van der Waals surface area contributed by atoms with Gasteiger partial charge in [0.05, 0.1) is 0 Å². The van der Waals surface area contributed by atoms with Crippen molar-refractivity contribution in [1.82, 2.24) is 0 Å². The number of ether oxygens (including phenoxy) is 1. The monoisotopic (exact) mass is 278 g/mol. The minimum absolute atomic E-state index is 0.750. The Morgan fingerprint density at radius 3 is 1.13 bits per heavy atom. The minimum atomic E-state index is -0.750. The number of halogens is 3. The normalized spacial score (nSPS) is 8.80. The Balaban J connectivity index is -0.000000147. The van der Waals surface area contributed by atoms with E-state index < -0.39 is 4.30 Å². The van der Waals surface area contributed by atoms with Gasteiger partial charge in [0.15, 0.2) is 4.30 Å². The van der Waals surface area contributed by atoms with Crippen LogP contribution in [0.4, 0.5) is 0 Å². The molecule has 1 nitrogen and oxygen atoms in total. The van der Waals surface area contributed by atoms with E-state index >= 15 is 0 Å². The molecule has 0 saturated heterocycles. The lowest BCUT2D eigenvalue weighted by Crippen LogP contribution is -1.84. The van der Waals surface area contributed by atoms with E-state index in [4.69, 9.17) is 39.5 Å². The van der Waals surface area contributed by atoms with Gasteiger partial charge in [-0.05, 0) is 13.8 Å². The van der Waals surface area contributed by atoms with Crippen LogP contribution in [0.5, 0.6) is 0 Å². The molecule has 0 bridgehead atoms. The number of unbranched alkanes of at least 4 members (excludes halogenated alkanes) is 3. The van der Waals surface area contributed by atoms with Gasteiger partial charge in [0.25, 0.3) is 0 Å². The molecule has 96 valence electrons. The van der Waals surface area contributed by atoms with E-state index in [1.54, 1.807) is 0 Å². The van der Waals surface area contributed by atoms with E-state index in [2.05, 4.69) is 13.8 Å². The molecule has 0 saturated carbocycles. The van der Waals surface area contributed by atoms with E-state index in [0.29, 0.717) is 0 Å². The van der Waals surface area contributed by atoms with Gasteiger partial charge in [-0.15, -0.1) is 0 Å². The summed E-state index contributed by atoms with van der Waals surface area (Å²) in [5.41, 5.74) is 0. The molecule has 0 aromatic carbocycles. The molecule has 0 radical (unpaired) electrons. The predicted molar refractivity (Wildman–Crippen MR) is 73.3 cm³/mol. The summed E-state index contributed by atoms with van der Waals surface area (Å²) in [5, 5.41) is 0. The first-order valence-electron chi connectivity index (χ1n) is 5.56. The summed E-state index contributed by atoms with van der Waals surface area (Å²) >= 11 is 14.4. The topological polar surface area (TPSA) is 9.23 Å². The number of hydrogen-bond donors (Lipinski definition) is 0. The third-order valence-corrected chi connectivity index (χ3v) is 1.37. The minimum Gasteiger partial charge on any atom is -0.382 e. The molecule has 0 aromatic rings. The van der Waals surface area contributed by atoms with Crippen LogP contribution in [-0.2, 0) is 4.74 Å². The third kappa shape index (κ3) is 71.8. The largest absolute Gasteiger partial charge is 0.382 e. The summed E-state index contributed by atoms with van der Waals surface area (Å²) in [6.07, 6.45) is 5.54. The molecule has 0 unspecified atom stereocenters. The Hall–Kier alpha value is 0.830. The lowest BCUT2D eigenvalue weighted by Gasteiger charge is -1.86. The van der Waals surface area contributed by atoms with E-state index in [0.717, 1.165) is 13.2 Å². The summed E-state index contributed by atoms with van der Waals surface area (Å²) < 4.78 is 4.08. The van der Waals surface area contributed by atoms with Crippen LogP contribution in [0.15, 0.2) is 0 Å². The molecule has 0 rings (SSSR count). The maximum atomic E-state index is 4.83. The van der Waals surface area contributed by atoms with Crippen LogP contribution in [0.3, 0.4) is 0 Å². The average molecular weight is 280 g/mol. The van der Waals surface area contributed by atoms with Crippen molar-refractivity contribution in [1.29, 1.82) is 0 Å². The van der Waals surface area contributed by atoms with Crippen molar-refractivity contribution in [2.45, 2.75) is 57.7 Å². The van der Waals surface area contributed by atoms with Crippen molar-refractivity contribution in [2.24, 2.45) is 0 Å². The summed E-state index contributed by atoms with van der Waals surface area (Å²) in [5.74, 6) is 0. The van der Waals surface area contributed by atoms with Crippen molar-refractivity contribution < 1.29 is 4.74 Å². The van der Waals surface area contributed by atoms with Gasteiger partial charge in [-0.1, -0.05) is 74.3 Å². The third-order valence-electron chi connectivity index (χ3n) is 1.37. The Morgan fingerprint density at radius 1 is 0.800 bits per heavy atom. The van der Waals surface area contributed by atoms with Crippen molar-refractivity contribution in [3.8, 4) is 0 Å². The summed E-state index contributed by atoms with van der Waals surface area (Å²) in [6.45, 7) is 10.1. The van der Waals surface area contributed by atoms with Crippen LogP contribution in [0, 0.1) is 0 Å². The molecule has 4 heteroatoms. The number of hydrogen-bond acceptors (Lipinski definition) is 1. The summed E-state index contributed by atoms with van der Waals surface area (Å²) in [6, 6.07) is 0. The Morgan fingerprint density at radius 2 is 1.07 bits per heavy atom. The van der Waals surface area contributed by atoms with Gasteiger partial charge in [-0.2, -0.15) is 0 Å². The molecule has 0 heterocycles. The van der Waals surface area contributed by atoms with Crippen LogP contribution < -0.4 is 0 Å². The molecular formula is C11H25Cl3O. The molecule has 0 atom stereocenters. The molecule has 0 spiro atoms. The van der Waals surface area contributed by atoms with Crippen molar-refractivity contribution in [2.75, 3.05) is 13.2 Å². The van der Waals surface area contributed by atoms with Gasteiger partial charge >= 0.3 is 0 Å². The molecule has 0 aromatic heterocycles. The van der Waals surface area contributed by atoms with Crippen LogP contribution in [0.2, 0.25) is 0 Å². The van der Waals surface area contributed by atoms with Crippen LogP contribution >= 0.6 is 34.8 Å². The SMILES string of the molecule is CCCCCC.CCOCC.ClC(Cl)Cl. The zero-order chi connectivity index (χ0) is 12.5. The fraction of sp³-hybridized carbons (Fsp3) is 1.00. The molecule has 0 aliphatic rings. The highest BCUT2D eigenvalue weighted by Crippen LogP contribution is 2.03. The van der Waals surface area contributed by atoms with Gasteiger partial charge in [-0.25, -0.2) is 0 Å². The number of alkyl halides is 3. The van der Waals surface area contributed by atoms with Gasteiger partial charge < -0.3 is 4.74 Å². The second-order valence-electron chi connectivity index (χ2n) is 2.74. The second kappa shape index (κ2) is 24.2. The Bertz CT molecular complexity index is 71.5. The van der Waals surface area contributed by atoms with Crippen LogP contribution in [-0.4, -0.2) is 17.5 Å². The van der Waals surface area contributed by atoms with E-state index in [1.807, 2.05) is 13.8 Å². The molecule has 0 aliphatic carbocycles. The Labute approximate surface area is 110 Å². The van der Waals surface area contributed by atoms with Gasteiger partial charge in [-0.3, -0.25) is 0 Å². The molecule has 0 fully saturated rings. The molecule has 0 amide bonds. The fourth-order valence-electron chi connectivity index (χ4n) is 0.704. The smallest absolute Gasteiger partial charge is 0.180 e. The highest BCUT2D eigenvalue weighted by Gasteiger charge is 1.79. The predicted octanol–water partition coefficient (Wildman–Crippen LogP) is 5.62. The van der Waals surface area contributed by atoms with E-state index in [9.17, 15) is 0 Å². The highest BCUT2D eigenvalue weighted by atomic mass is 35.6. The maximum absolute atomic E-state index is 4.83. The average Bonchev–Trinajstić information content (AvgIpc) is 2.16. The first kappa shape index (κ1) is 21.1. The van der Waals surface area contributed by atoms with Gasteiger partial charge in [0.2, 0.25) is 0 Å². The fourth-order valence-corrected chi connectivity index (χ4v) is 0.704. The zero-order valence-corrected chi connectivity index (χ0v) is 12.6. The number of rotatable bonds is 5. The lowest BCUT2D eigenvalue weighted by molar-refractivity contribution is 0.162. The quantitative estimate of drug-likeness (QED) is 0.469. The molecule has 0 N–H and O–H groups in total. The second-order valence-corrected chi connectivity index (χ2v) is 4.72. The Kier molecular flexibility index (Phi) is 34.1. The first-order chi connectivity index (χ1) is 7.06. The highest BCUT2D eigenvalue weighted by molar-refractivity contribution is 6.63. The molecular weight excluding hydrogens is 254 g/mol. The summed E-state index contributed by atoms with van der Waals surface area (Å²) in [7, 11) is 0. The first-order valence-corrected chi connectivity index (χ1v) is 6.87. The summed E-state index contributed by atoms with van der Waals surface area (Å²) in [4.78, 5) is 0. The van der Waals surface area contributed by atoms with Gasteiger partial charge in [0.1, 0.15) is 0 Å². The van der Waals surface area contributed by atoms with E-state index in [-0.39, 0.29) is 0 Å². The zero-order valence-electron chi connectivity index (χ0n) is 10.4. The van der Waals surface area contributed by atoms with Crippen molar-refractivity contribution >= 4 is 34.8 Å². The van der Waals surface area contributed by atoms with Crippen LogP contribution in [0.25, 0.3) is 0 Å². The maximum Gasteiger partial charge on any atom is 0.180 e. The van der Waals surface area contributed by atoms with Crippen molar-refractivity contribution in [3.63, 3.8) is 0 Å². The lowest BCUT2D eigenvalue weighted by atomic mass is 10.2. The molecule has 15 heavy (non-hydrogen) atoms.